The van der Waals surface area contributed by atoms with Gasteiger partial charge in [-0.05, 0) is 48.7 Å². The van der Waals surface area contributed by atoms with E-state index in [0.29, 0.717) is 29.8 Å². The first-order valence-electron chi connectivity index (χ1n) is 10.7. The van der Waals surface area contributed by atoms with Crippen molar-refractivity contribution in [2.75, 3.05) is 0 Å². The summed E-state index contributed by atoms with van der Waals surface area (Å²) in [5, 5.41) is 24.2. The minimum atomic E-state index is -1.45. The molecule has 0 aliphatic heterocycles. The van der Waals surface area contributed by atoms with Crippen LogP contribution in [0, 0.1) is 0 Å². The molecule has 170 valence electrons. The van der Waals surface area contributed by atoms with Gasteiger partial charge >= 0.3 is 5.97 Å². The van der Waals surface area contributed by atoms with Crippen LogP contribution < -0.4 is 10.9 Å². The second-order valence-electron chi connectivity index (χ2n) is 8.05. The van der Waals surface area contributed by atoms with Crippen molar-refractivity contribution >= 4 is 16.9 Å². The standard InChI is InChI=1S/C25H26N4O4/c1-4-19-22(28-24(31)21(23(19)30)25(32)33)15-7-8-20-17(10-15)11-18(29(20)3)13-27-14(2)16-6-5-9-26-12-16/h5-12,14,27H,4,13H2,1-3H3,(H,32,33)(H2,28,30,31). The molecule has 0 amide bonds. The summed E-state index contributed by atoms with van der Waals surface area (Å²) in [6.07, 6.45) is 3.97. The minimum Gasteiger partial charge on any atom is -0.506 e. The van der Waals surface area contributed by atoms with Crippen molar-refractivity contribution in [1.29, 1.82) is 0 Å². The average Bonchev–Trinajstić information content (AvgIpc) is 3.12. The normalized spacial score (nSPS) is 12.2. The van der Waals surface area contributed by atoms with E-state index in [9.17, 15) is 19.8 Å². The van der Waals surface area contributed by atoms with Gasteiger partial charge in [-0.2, -0.15) is 0 Å². The number of carboxylic acids is 1. The largest absolute Gasteiger partial charge is 0.506 e. The van der Waals surface area contributed by atoms with Gasteiger partial charge in [-0.3, -0.25) is 9.78 Å². The van der Waals surface area contributed by atoms with Crippen LogP contribution in [0.5, 0.6) is 5.75 Å². The highest BCUT2D eigenvalue weighted by atomic mass is 16.4. The maximum atomic E-state index is 12.3. The highest BCUT2D eigenvalue weighted by Gasteiger charge is 2.22. The number of aryl methyl sites for hydroxylation is 1. The summed E-state index contributed by atoms with van der Waals surface area (Å²) in [4.78, 5) is 30.5. The Morgan fingerprint density at radius 3 is 2.73 bits per heavy atom. The van der Waals surface area contributed by atoms with Gasteiger partial charge in [0, 0.05) is 54.2 Å². The number of pyridine rings is 2. The molecule has 1 unspecified atom stereocenters. The number of rotatable bonds is 7. The molecule has 1 atom stereocenters. The van der Waals surface area contributed by atoms with Crippen molar-refractivity contribution in [3.8, 4) is 17.0 Å². The molecule has 8 nitrogen and oxygen atoms in total. The minimum absolute atomic E-state index is 0.139. The fourth-order valence-electron chi connectivity index (χ4n) is 4.16. The zero-order chi connectivity index (χ0) is 23.7. The molecule has 4 rings (SSSR count). The lowest BCUT2D eigenvalue weighted by Crippen LogP contribution is -2.20. The molecule has 0 spiro atoms. The molecule has 0 aliphatic carbocycles. The smallest absolute Gasteiger partial charge is 0.345 e. The van der Waals surface area contributed by atoms with Crippen LogP contribution in [0.3, 0.4) is 0 Å². The van der Waals surface area contributed by atoms with Crippen molar-refractivity contribution in [1.82, 2.24) is 19.9 Å². The van der Waals surface area contributed by atoms with Gasteiger partial charge in [-0.1, -0.05) is 19.1 Å². The maximum Gasteiger partial charge on any atom is 0.345 e. The number of fused-ring (bicyclic) bond motifs is 1. The SMILES string of the molecule is CCc1c(-c2ccc3c(c2)cc(CNC(C)c2cccnc2)n3C)[nH]c(=O)c(C(=O)O)c1O. The van der Waals surface area contributed by atoms with Gasteiger partial charge in [0.2, 0.25) is 0 Å². The van der Waals surface area contributed by atoms with Gasteiger partial charge in [-0.15, -0.1) is 0 Å². The summed E-state index contributed by atoms with van der Waals surface area (Å²) in [5.41, 5.74) is 3.30. The molecule has 4 N–H and O–H groups in total. The van der Waals surface area contributed by atoms with Gasteiger partial charge in [0.05, 0.1) is 5.69 Å². The summed E-state index contributed by atoms with van der Waals surface area (Å²) < 4.78 is 2.11. The molecule has 1 aromatic carbocycles. The average molecular weight is 447 g/mol. The number of nitrogens with zero attached hydrogens (tertiary/aromatic N) is 2. The van der Waals surface area contributed by atoms with Crippen LogP contribution in [0.2, 0.25) is 0 Å². The quantitative estimate of drug-likeness (QED) is 0.343. The van der Waals surface area contributed by atoms with Gasteiger partial charge in [0.15, 0.2) is 5.56 Å². The zero-order valence-electron chi connectivity index (χ0n) is 18.7. The van der Waals surface area contributed by atoms with Crippen LogP contribution >= 0.6 is 0 Å². The first-order valence-corrected chi connectivity index (χ1v) is 10.7. The van der Waals surface area contributed by atoms with Crippen LogP contribution in [-0.2, 0) is 20.0 Å². The first-order chi connectivity index (χ1) is 15.8. The summed E-state index contributed by atoms with van der Waals surface area (Å²) in [6.45, 7) is 4.55. The van der Waals surface area contributed by atoms with E-state index in [4.69, 9.17) is 0 Å². The number of nitrogens with one attached hydrogen (secondary N) is 2. The second-order valence-corrected chi connectivity index (χ2v) is 8.05. The fraction of sp³-hybridized carbons (Fsp3) is 0.240. The lowest BCUT2D eigenvalue weighted by atomic mass is 9.99. The van der Waals surface area contributed by atoms with E-state index in [1.54, 1.807) is 13.1 Å². The molecule has 33 heavy (non-hydrogen) atoms. The van der Waals surface area contributed by atoms with Crippen molar-refractivity contribution in [2.24, 2.45) is 7.05 Å². The fourth-order valence-corrected chi connectivity index (χ4v) is 4.16. The Labute approximate surface area is 190 Å². The molecule has 3 aromatic heterocycles. The number of benzene rings is 1. The Morgan fingerprint density at radius 1 is 1.27 bits per heavy atom. The monoisotopic (exact) mass is 446 g/mol. The van der Waals surface area contributed by atoms with E-state index in [0.717, 1.165) is 22.2 Å². The summed E-state index contributed by atoms with van der Waals surface area (Å²) >= 11 is 0. The number of carbonyl (C=O) groups is 1. The van der Waals surface area contributed by atoms with Crippen molar-refractivity contribution in [2.45, 2.75) is 32.9 Å². The van der Waals surface area contributed by atoms with E-state index in [1.807, 2.05) is 43.6 Å². The third kappa shape index (κ3) is 4.12. The van der Waals surface area contributed by atoms with Crippen LogP contribution in [-0.4, -0.2) is 30.7 Å². The Hall–Kier alpha value is -3.91. The number of aromatic nitrogens is 3. The van der Waals surface area contributed by atoms with E-state index in [2.05, 4.69) is 32.8 Å². The number of carboxylic acid groups (broad SMARTS) is 1. The molecule has 0 radical (unpaired) electrons. The van der Waals surface area contributed by atoms with Gasteiger partial charge in [0.1, 0.15) is 5.75 Å². The second kappa shape index (κ2) is 8.91. The zero-order valence-corrected chi connectivity index (χ0v) is 18.7. The lowest BCUT2D eigenvalue weighted by Gasteiger charge is -2.14. The van der Waals surface area contributed by atoms with Crippen LogP contribution in [0.25, 0.3) is 22.2 Å². The Morgan fingerprint density at radius 2 is 2.06 bits per heavy atom. The van der Waals surface area contributed by atoms with Crippen molar-refractivity contribution in [3.05, 3.63) is 81.5 Å². The molecule has 0 bridgehead atoms. The topological polar surface area (TPSA) is 120 Å². The highest BCUT2D eigenvalue weighted by Crippen LogP contribution is 2.32. The predicted molar refractivity (Wildman–Crippen MR) is 126 cm³/mol. The molecular weight excluding hydrogens is 420 g/mol. The van der Waals surface area contributed by atoms with E-state index < -0.39 is 22.8 Å². The number of H-pyrrole nitrogens is 1. The summed E-state index contributed by atoms with van der Waals surface area (Å²) in [5.74, 6) is -1.93. The van der Waals surface area contributed by atoms with Crippen molar-refractivity contribution in [3.63, 3.8) is 0 Å². The first kappa shape index (κ1) is 22.3. The van der Waals surface area contributed by atoms with Crippen LogP contribution in [0.15, 0.2) is 53.6 Å². The molecule has 3 heterocycles. The Bertz CT molecular complexity index is 1390. The maximum absolute atomic E-state index is 12.3. The summed E-state index contributed by atoms with van der Waals surface area (Å²) in [6, 6.07) is 11.9. The number of aromatic hydroxyl groups is 1. The predicted octanol–water partition coefficient (Wildman–Crippen LogP) is 3.75. The molecular formula is C25H26N4O4. The third-order valence-electron chi connectivity index (χ3n) is 6.06. The molecule has 0 fully saturated rings. The summed E-state index contributed by atoms with van der Waals surface area (Å²) in [7, 11) is 2.00. The van der Waals surface area contributed by atoms with E-state index >= 15 is 0 Å². The number of hydrogen-bond acceptors (Lipinski definition) is 5. The van der Waals surface area contributed by atoms with Crippen LogP contribution in [0.4, 0.5) is 0 Å². The molecule has 8 heteroatoms. The Kier molecular flexibility index (Phi) is 6.02. The molecule has 0 saturated heterocycles. The Balaban J connectivity index is 1.69. The van der Waals surface area contributed by atoms with Crippen molar-refractivity contribution < 1.29 is 15.0 Å². The number of aromatic carboxylic acids is 1. The van der Waals surface area contributed by atoms with Gasteiger partial charge < -0.3 is 25.1 Å². The molecule has 0 saturated carbocycles. The van der Waals surface area contributed by atoms with Gasteiger partial charge in [-0.25, -0.2) is 4.79 Å². The van der Waals surface area contributed by atoms with E-state index in [1.165, 1.54) is 0 Å². The molecule has 4 aromatic rings. The van der Waals surface area contributed by atoms with Crippen LogP contribution in [0.1, 0.15) is 47.1 Å². The van der Waals surface area contributed by atoms with E-state index in [-0.39, 0.29) is 6.04 Å². The third-order valence-corrected chi connectivity index (χ3v) is 6.06. The highest BCUT2D eigenvalue weighted by molar-refractivity contribution is 5.92. The number of hydrogen-bond donors (Lipinski definition) is 4. The van der Waals surface area contributed by atoms with Gasteiger partial charge in [0.25, 0.3) is 5.56 Å². The lowest BCUT2D eigenvalue weighted by molar-refractivity contribution is 0.0691. The molecule has 0 aliphatic rings. The number of aromatic amines is 1.